The number of ether oxygens (including phenoxy) is 1. The molecule has 0 spiro atoms. The summed E-state index contributed by atoms with van der Waals surface area (Å²) < 4.78 is 5.75. The third-order valence-electron chi connectivity index (χ3n) is 2.96. The van der Waals surface area contributed by atoms with Gasteiger partial charge in [0, 0.05) is 6.61 Å². The lowest BCUT2D eigenvalue weighted by Crippen LogP contribution is -1.92. The van der Waals surface area contributed by atoms with Gasteiger partial charge in [-0.2, -0.15) is 0 Å². The number of aryl methyl sites for hydroxylation is 2. The number of hydrogen-bond acceptors (Lipinski definition) is 3. The van der Waals surface area contributed by atoms with Crippen LogP contribution in [0, 0.1) is 6.92 Å². The van der Waals surface area contributed by atoms with E-state index in [1.807, 2.05) is 43.3 Å². The fraction of sp³-hybridized carbons (Fsp3) is 0.250. The number of hydrogen-bond donors (Lipinski definition) is 2. The van der Waals surface area contributed by atoms with Crippen molar-refractivity contribution in [2.45, 2.75) is 19.8 Å². The monoisotopic (exact) mass is 258 g/mol. The molecule has 2 N–H and O–H groups in total. The average Bonchev–Trinajstić information content (AvgIpc) is 2.42. The molecule has 2 aromatic rings. The third kappa shape index (κ3) is 3.48. The van der Waals surface area contributed by atoms with E-state index in [9.17, 15) is 5.11 Å². The van der Waals surface area contributed by atoms with E-state index >= 15 is 0 Å². The Hall–Kier alpha value is -2.00. The Morgan fingerprint density at radius 2 is 1.84 bits per heavy atom. The van der Waals surface area contributed by atoms with Crippen LogP contribution in [0.1, 0.15) is 17.5 Å². The number of rotatable bonds is 5. The summed E-state index contributed by atoms with van der Waals surface area (Å²) in [6.45, 7) is 2.12. The highest BCUT2D eigenvalue weighted by atomic mass is 16.5. The fourth-order valence-electron chi connectivity index (χ4n) is 1.87. The first-order valence-electron chi connectivity index (χ1n) is 6.37. The molecule has 0 aliphatic carbocycles. The number of aliphatic hydroxyl groups excluding tert-OH is 1. The highest BCUT2D eigenvalue weighted by Gasteiger charge is 2.07. The molecule has 0 unspecified atom stereocenters. The maximum absolute atomic E-state index is 9.84. The lowest BCUT2D eigenvalue weighted by Gasteiger charge is -2.11. The second-order valence-corrected chi connectivity index (χ2v) is 4.50. The van der Waals surface area contributed by atoms with Crippen LogP contribution < -0.4 is 4.74 Å². The van der Waals surface area contributed by atoms with Crippen LogP contribution in [0.15, 0.2) is 42.5 Å². The predicted molar refractivity (Wildman–Crippen MR) is 74.8 cm³/mol. The smallest absolute Gasteiger partial charge is 0.169 e. The zero-order chi connectivity index (χ0) is 13.7. The molecule has 0 radical (unpaired) electrons. The Labute approximate surface area is 113 Å². The molecule has 0 atom stereocenters. The van der Waals surface area contributed by atoms with Gasteiger partial charge in [-0.3, -0.25) is 0 Å². The SMILES string of the molecule is Cc1ccccc1Oc1cc(CCCO)ccc1O. The number of aromatic hydroxyl groups is 1. The first kappa shape index (κ1) is 13.4. The van der Waals surface area contributed by atoms with E-state index < -0.39 is 0 Å². The minimum Gasteiger partial charge on any atom is -0.504 e. The molecule has 0 aliphatic rings. The lowest BCUT2D eigenvalue weighted by molar-refractivity contribution is 0.288. The van der Waals surface area contributed by atoms with E-state index in [1.54, 1.807) is 6.07 Å². The maximum atomic E-state index is 9.84. The first-order valence-corrected chi connectivity index (χ1v) is 6.37. The molecule has 0 aromatic heterocycles. The molecular formula is C16H18O3. The summed E-state index contributed by atoms with van der Waals surface area (Å²) >= 11 is 0. The first-order chi connectivity index (χ1) is 9.20. The minimum atomic E-state index is 0.121. The highest BCUT2D eigenvalue weighted by Crippen LogP contribution is 2.33. The zero-order valence-electron chi connectivity index (χ0n) is 11.0. The van der Waals surface area contributed by atoms with Gasteiger partial charge in [0.25, 0.3) is 0 Å². The van der Waals surface area contributed by atoms with Gasteiger partial charge in [0.2, 0.25) is 0 Å². The van der Waals surface area contributed by atoms with Crippen molar-refractivity contribution < 1.29 is 14.9 Å². The predicted octanol–water partition coefficient (Wildman–Crippen LogP) is 3.42. The molecule has 0 heterocycles. The Kier molecular flexibility index (Phi) is 4.42. The fourth-order valence-corrected chi connectivity index (χ4v) is 1.87. The zero-order valence-corrected chi connectivity index (χ0v) is 11.0. The van der Waals surface area contributed by atoms with Crippen LogP contribution >= 0.6 is 0 Å². The quantitative estimate of drug-likeness (QED) is 0.864. The van der Waals surface area contributed by atoms with Crippen LogP contribution in [-0.4, -0.2) is 16.8 Å². The van der Waals surface area contributed by atoms with Crippen molar-refractivity contribution >= 4 is 0 Å². The Bertz CT molecular complexity index is 549. The van der Waals surface area contributed by atoms with Crippen LogP contribution in [0.4, 0.5) is 0 Å². The van der Waals surface area contributed by atoms with Crippen LogP contribution in [0.3, 0.4) is 0 Å². The molecule has 0 fully saturated rings. The van der Waals surface area contributed by atoms with Gasteiger partial charge >= 0.3 is 0 Å². The van der Waals surface area contributed by atoms with Crippen molar-refractivity contribution in [2.24, 2.45) is 0 Å². The molecule has 19 heavy (non-hydrogen) atoms. The molecular weight excluding hydrogens is 240 g/mol. The van der Waals surface area contributed by atoms with Gasteiger partial charge in [0.05, 0.1) is 0 Å². The van der Waals surface area contributed by atoms with E-state index in [0.29, 0.717) is 12.2 Å². The van der Waals surface area contributed by atoms with Crippen LogP contribution in [0.25, 0.3) is 0 Å². The Morgan fingerprint density at radius 1 is 1.05 bits per heavy atom. The third-order valence-corrected chi connectivity index (χ3v) is 2.96. The van der Waals surface area contributed by atoms with Crippen molar-refractivity contribution in [3.8, 4) is 17.2 Å². The molecule has 3 heteroatoms. The maximum Gasteiger partial charge on any atom is 0.169 e. The topological polar surface area (TPSA) is 49.7 Å². The summed E-state index contributed by atoms with van der Waals surface area (Å²) in [6.07, 6.45) is 1.47. The van der Waals surface area contributed by atoms with Crippen LogP contribution in [0.5, 0.6) is 17.2 Å². The standard InChI is InChI=1S/C16H18O3/c1-12-5-2-3-7-15(12)19-16-11-13(6-4-10-17)8-9-14(16)18/h2-3,5,7-9,11,17-18H,4,6,10H2,1H3. The molecule has 100 valence electrons. The normalized spacial score (nSPS) is 10.4. The summed E-state index contributed by atoms with van der Waals surface area (Å²) in [5.41, 5.74) is 2.05. The molecule has 2 aromatic carbocycles. The number of para-hydroxylation sites is 1. The highest BCUT2D eigenvalue weighted by molar-refractivity contribution is 5.46. The summed E-state index contributed by atoms with van der Waals surface area (Å²) in [7, 11) is 0. The molecule has 0 saturated heterocycles. The van der Waals surface area contributed by atoms with Crippen molar-refractivity contribution in [2.75, 3.05) is 6.61 Å². The van der Waals surface area contributed by atoms with E-state index in [1.165, 1.54) is 0 Å². The Morgan fingerprint density at radius 3 is 2.58 bits per heavy atom. The number of phenols is 1. The van der Waals surface area contributed by atoms with Crippen molar-refractivity contribution in [3.05, 3.63) is 53.6 Å². The van der Waals surface area contributed by atoms with E-state index in [4.69, 9.17) is 9.84 Å². The summed E-state index contributed by atoms with van der Waals surface area (Å²) in [5.74, 6) is 1.30. The van der Waals surface area contributed by atoms with Crippen LogP contribution in [-0.2, 0) is 6.42 Å². The minimum absolute atomic E-state index is 0.121. The number of benzene rings is 2. The molecule has 0 amide bonds. The van der Waals surface area contributed by atoms with Gasteiger partial charge in [-0.25, -0.2) is 0 Å². The molecule has 2 rings (SSSR count). The number of phenolic OH excluding ortho intramolecular Hbond substituents is 1. The van der Waals surface area contributed by atoms with E-state index in [2.05, 4.69) is 0 Å². The second kappa shape index (κ2) is 6.25. The second-order valence-electron chi connectivity index (χ2n) is 4.50. The van der Waals surface area contributed by atoms with Crippen molar-refractivity contribution in [3.63, 3.8) is 0 Å². The molecule has 0 saturated carbocycles. The van der Waals surface area contributed by atoms with E-state index in [-0.39, 0.29) is 12.4 Å². The summed E-state index contributed by atoms with van der Waals surface area (Å²) in [5, 5.41) is 18.7. The van der Waals surface area contributed by atoms with Gasteiger partial charge < -0.3 is 14.9 Å². The summed E-state index contributed by atoms with van der Waals surface area (Å²) in [6, 6.07) is 13.0. The largest absolute Gasteiger partial charge is 0.504 e. The molecule has 0 aliphatic heterocycles. The molecule has 3 nitrogen and oxygen atoms in total. The van der Waals surface area contributed by atoms with Gasteiger partial charge in [0.15, 0.2) is 11.5 Å². The van der Waals surface area contributed by atoms with Gasteiger partial charge in [-0.05, 0) is 49.1 Å². The van der Waals surface area contributed by atoms with Crippen molar-refractivity contribution in [1.82, 2.24) is 0 Å². The summed E-state index contributed by atoms with van der Waals surface area (Å²) in [4.78, 5) is 0. The van der Waals surface area contributed by atoms with Gasteiger partial charge in [0.1, 0.15) is 5.75 Å². The lowest BCUT2D eigenvalue weighted by atomic mass is 10.1. The average molecular weight is 258 g/mol. The Balaban J connectivity index is 2.21. The van der Waals surface area contributed by atoms with Gasteiger partial charge in [-0.1, -0.05) is 24.3 Å². The van der Waals surface area contributed by atoms with Gasteiger partial charge in [-0.15, -0.1) is 0 Å². The number of aliphatic hydroxyl groups is 1. The molecule has 0 bridgehead atoms. The van der Waals surface area contributed by atoms with Crippen molar-refractivity contribution in [1.29, 1.82) is 0 Å². The van der Waals surface area contributed by atoms with Crippen LogP contribution in [0.2, 0.25) is 0 Å². The van der Waals surface area contributed by atoms with E-state index in [0.717, 1.165) is 23.3 Å².